The van der Waals surface area contributed by atoms with Crippen LogP contribution in [-0.4, -0.2) is 44.7 Å². The van der Waals surface area contributed by atoms with Gasteiger partial charge in [-0.05, 0) is 6.07 Å². The molecule has 0 aliphatic carbocycles. The molecular weight excluding hydrogens is 332 g/mol. The van der Waals surface area contributed by atoms with Gasteiger partial charge in [0, 0.05) is 16.6 Å². The van der Waals surface area contributed by atoms with E-state index in [0.717, 1.165) is 21.3 Å². The van der Waals surface area contributed by atoms with Crippen LogP contribution in [0.4, 0.5) is 8.78 Å². The van der Waals surface area contributed by atoms with Crippen LogP contribution in [0, 0.1) is 27.7 Å². The number of nitrogens with zero attached hydrogens (tertiary/aromatic N) is 1. The maximum absolute atomic E-state index is 14.2. The summed E-state index contributed by atoms with van der Waals surface area (Å²) in [6.07, 6.45) is 0. The molecule has 1 aromatic carbocycles. The van der Waals surface area contributed by atoms with Gasteiger partial charge in [0.05, 0.1) is 27.2 Å². The van der Waals surface area contributed by atoms with Crippen LogP contribution in [0.2, 0.25) is 0 Å². The average molecular weight is 347 g/mol. The first-order valence-corrected chi connectivity index (χ1v) is 6.57. The minimum atomic E-state index is -1.83. The van der Waals surface area contributed by atoms with E-state index in [4.69, 9.17) is 0 Å². The number of esters is 2. The van der Waals surface area contributed by atoms with Crippen LogP contribution in [0.3, 0.4) is 0 Å². The van der Waals surface area contributed by atoms with Gasteiger partial charge in [-0.3, -0.25) is 19.7 Å². The molecule has 0 aliphatic heterocycles. The first kappa shape index (κ1) is 19.3. The van der Waals surface area contributed by atoms with E-state index in [1.54, 1.807) is 0 Å². The molecular formula is C14H15F2NO7. The largest absolute Gasteiger partial charge is 0.494 e. The van der Waals surface area contributed by atoms with Crippen molar-refractivity contribution in [1.29, 1.82) is 0 Å². The zero-order valence-corrected chi connectivity index (χ0v) is 13.1. The fraction of sp³-hybridized carbons (Fsp3) is 0.429. The van der Waals surface area contributed by atoms with Gasteiger partial charge in [-0.15, -0.1) is 0 Å². The topological polar surface area (TPSA) is 105 Å². The van der Waals surface area contributed by atoms with E-state index in [2.05, 4.69) is 14.2 Å². The van der Waals surface area contributed by atoms with Gasteiger partial charge in [0.1, 0.15) is 5.82 Å². The van der Waals surface area contributed by atoms with Crippen molar-refractivity contribution in [2.75, 3.05) is 27.9 Å². The molecule has 0 radical (unpaired) electrons. The summed E-state index contributed by atoms with van der Waals surface area (Å²) in [5.41, 5.74) is -0.536. The Kier molecular flexibility index (Phi) is 6.57. The quantitative estimate of drug-likeness (QED) is 0.317. The van der Waals surface area contributed by atoms with Crippen LogP contribution in [0.25, 0.3) is 0 Å². The molecule has 132 valence electrons. The Hall–Kier alpha value is -2.78. The SMILES string of the molecule is COC(=O)C(C(=O)OC)C(C[N+](=O)[O-])c1cc(F)c(OC)cc1F. The molecule has 1 unspecified atom stereocenters. The van der Waals surface area contributed by atoms with Crippen molar-refractivity contribution in [2.24, 2.45) is 5.92 Å². The minimum Gasteiger partial charge on any atom is -0.494 e. The molecule has 1 atom stereocenters. The van der Waals surface area contributed by atoms with Gasteiger partial charge in [-0.25, -0.2) is 8.78 Å². The summed E-state index contributed by atoms with van der Waals surface area (Å²) >= 11 is 0. The molecule has 1 aromatic rings. The van der Waals surface area contributed by atoms with Gasteiger partial charge in [-0.2, -0.15) is 0 Å². The zero-order chi connectivity index (χ0) is 18.4. The number of carbonyl (C=O) groups is 2. The Balaban J connectivity index is 3.50. The summed E-state index contributed by atoms with van der Waals surface area (Å²) in [7, 11) is 3.01. The standard InChI is InChI=1S/C14H15F2NO7/c1-22-11-5-9(15)7(4-10(11)16)8(6-17(20)21)12(13(18)23-2)14(19)24-3/h4-5,8,12H,6H2,1-3H3. The van der Waals surface area contributed by atoms with Crippen LogP contribution in [0.5, 0.6) is 5.75 Å². The van der Waals surface area contributed by atoms with E-state index in [-0.39, 0.29) is 0 Å². The summed E-state index contributed by atoms with van der Waals surface area (Å²) in [5.74, 6) is -8.28. The molecule has 0 spiro atoms. The molecule has 0 amide bonds. The molecule has 0 aliphatic rings. The summed E-state index contributed by atoms with van der Waals surface area (Å²) in [6, 6.07) is 1.31. The highest BCUT2D eigenvalue weighted by molar-refractivity contribution is 5.96. The first-order chi connectivity index (χ1) is 11.3. The van der Waals surface area contributed by atoms with E-state index < -0.39 is 58.2 Å². The van der Waals surface area contributed by atoms with Gasteiger partial charge in [0.2, 0.25) is 6.54 Å². The number of methoxy groups -OCH3 is 3. The zero-order valence-electron chi connectivity index (χ0n) is 13.1. The smallest absolute Gasteiger partial charge is 0.320 e. The maximum Gasteiger partial charge on any atom is 0.320 e. The molecule has 0 bridgehead atoms. The van der Waals surface area contributed by atoms with Crippen molar-refractivity contribution >= 4 is 11.9 Å². The summed E-state index contributed by atoms with van der Waals surface area (Å²) < 4.78 is 41.6. The van der Waals surface area contributed by atoms with Crippen molar-refractivity contribution in [3.8, 4) is 5.75 Å². The van der Waals surface area contributed by atoms with Crippen molar-refractivity contribution in [2.45, 2.75) is 5.92 Å². The van der Waals surface area contributed by atoms with Crippen LogP contribution in [0.1, 0.15) is 11.5 Å². The van der Waals surface area contributed by atoms with Crippen LogP contribution in [-0.2, 0) is 19.1 Å². The lowest BCUT2D eigenvalue weighted by Gasteiger charge is -2.21. The molecule has 8 nitrogen and oxygen atoms in total. The maximum atomic E-state index is 14.2. The Morgan fingerprint density at radius 1 is 1.12 bits per heavy atom. The molecule has 24 heavy (non-hydrogen) atoms. The molecule has 0 aromatic heterocycles. The van der Waals surface area contributed by atoms with E-state index in [1.165, 1.54) is 0 Å². The molecule has 1 rings (SSSR count). The predicted octanol–water partition coefficient (Wildman–Crippen LogP) is 1.30. The second-order valence-corrected chi connectivity index (χ2v) is 4.65. The van der Waals surface area contributed by atoms with Crippen LogP contribution < -0.4 is 4.74 Å². The highest BCUT2D eigenvalue weighted by Crippen LogP contribution is 2.32. The number of benzene rings is 1. The number of halogens is 2. The predicted molar refractivity (Wildman–Crippen MR) is 75.0 cm³/mol. The number of hydrogen-bond donors (Lipinski definition) is 0. The number of ether oxygens (including phenoxy) is 3. The third-order valence-electron chi connectivity index (χ3n) is 3.33. The second-order valence-electron chi connectivity index (χ2n) is 4.65. The highest BCUT2D eigenvalue weighted by Gasteiger charge is 2.42. The molecule has 0 saturated carbocycles. The summed E-state index contributed by atoms with van der Waals surface area (Å²) in [4.78, 5) is 33.7. The number of nitro groups is 1. The van der Waals surface area contributed by atoms with Crippen molar-refractivity contribution in [3.05, 3.63) is 39.4 Å². The van der Waals surface area contributed by atoms with E-state index in [1.807, 2.05) is 0 Å². The second kappa shape index (κ2) is 8.18. The Bertz CT molecular complexity index is 634. The normalized spacial score (nSPS) is 11.8. The monoisotopic (exact) mass is 347 g/mol. The fourth-order valence-corrected chi connectivity index (χ4v) is 2.21. The third-order valence-corrected chi connectivity index (χ3v) is 3.33. The molecule has 0 N–H and O–H groups in total. The van der Waals surface area contributed by atoms with Crippen molar-refractivity contribution in [1.82, 2.24) is 0 Å². The first-order valence-electron chi connectivity index (χ1n) is 6.57. The number of carbonyl (C=O) groups excluding carboxylic acids is 2. The Morgan fingerprint density at radius 3 is 2.08 bits per heavy atom. The highest BCUT2D eigenvalue weighted by atomic mass is 19.1. The molecule has 0 saturated heterocycles. The van der Waals surface area contributed by atoms with E-state index in [0.29, 0.717) is 12.1 Å². The third kappa shape index (κ3) is 4.15. The Labute approximate surface area is 135 Å². The van der Waals surface area contributed by atoms with Gasteiger partial charge in [-0.1, -0.05) is 0 Å². The van der Waals surface area contributed by atoms with Crippen LogP contribution >= 0.6 is 0 Å². The number of hydrogen-bond acceptors (Lipinski definition) is 7. The number of rotatable bonds is 7. The van der Waals surface area contributed by atoms with E-state index >= 15 is 0 Å². The van der Waals surface area contributed by atoms with Gasteiger partial charge >= 0.3 is 11.9 Å². The van der Waals surface area contributed by atoms with Crippen molar-refractivity contribution < 1.29 is 37.5 Å². The Morgan fingerprint density at radius 2 is 1.67 bits per heavy atom. The molecule has 0 fully saturated rings. The van der Waals surface area contributed by atoms with Crippen molar-refractivity contribution in [3.63, 3.8) is 0 Å². The lowest BCUT2D eigenvalue weighted by atomic mass is 9.85. The van der Waals surface area contributed by atoms with Crippen LogP contribution in [0.15, 0.2) is 12.1 Å². The molecule has 0 heterocycles. The van der Waals surface area contributed by atoms with Gasteiger partial charge < -0.3 is 14.2 Å². The summed E-state index contributed by atoms with van der Waals surface area (Å²) in [6.45, 7) is -1.02. The van der Waals surface area contributed by atoms with Gasteiger partial charge in [0.25, 0.3) is 0 Å². The average Bonchev–Trinajstić information content (AvgIpc) is 2.54. The lowest BCUT2D eigenvalue weighted by Crippen LogP contribution is -2.36. The van der Waals surface area contributed by atoms with E-state index in [9.17, 15) is 28.5 Å². The summed E-state index contributed by atoms with van der Waals surface area (Å²) in [5, 5.41) is 10.9. The van der Waals surface area contributed by atoms with Gasteiger partial charge in [0.15, 0.2) is 17.5 Å². The lowest BCUT2D eigenvalue weighted by molar-refractivity contribution is -0.484. The minimum absolute atomic E-state index is 0.427. The molecule has 10 heteroatoms. The fourth-order valence-electron chi connectivity index (χ4n) is 2.21.